The second-order valence-electron chi connectivity index (χ2n) is 20.2. The molecule has 1 atom stereocenters. The molecular formula is C62H114O6. The average molecular weight is 956 g/mol. The van der Waals surface area contributed by atoms with Crippen molar-refractivity contribution < 1.29 is 28.6 Å². The van der Waals surface area contributed by atoms with Gasteiger partial charge in [-0.15, -0.1) is 0 Å². The molecule has 0 saturated carbocycles. The Balaban J connectivity index is 4.11. The number of unbranched alkanes of at least 4 members (excludes halogenated alkanes) is 38. The van der Waals surface area contributed by atoms with E-state index in [2.05, 4.69) is 57.2 Å². The molecule has 0 spiro atoms. The van der Waals surface area contributed by atoms with Gasteiger partial charge in [0.25, 0.3) is 0 Å². The monoisotopic (exact) mass is 955 g/mol. The Morgan fingerprint density at radius 2 is 0.574 bits per heavy atom. The standard InChI is InChI=1S/C62H114O6/c1-4-7-10-13-16-19-22-24-25-26-27-28-29-30-31-32-33-34-35-36-37-39-40-43-46-49-52-55-61(64)67-58-59(57-66-60(63)54-51-48-45-42-21-18-15-12-9-6-3)68-62(65)56-53-50-47-44-41-38-23-20-17-14-11-8-5-2/h8,11,17,20,38,41,59H,4-7,9-10,12-16,18-19,21-37,39-40,42-58H2,1-3H3/b11-8-,20-17-,41-38-. The van der Waals surface area contributed by atoms with Crippen molar-refractivity contribution in [3.8, 4) is 0 Å². The van der Waals surface area contributed by atoms with Crippen LogP contribution in [0.2, 0.25) is 0 Å². The summed E-state index contributed by atoms with van der Waals surface area (Å²) in [7, 11) is 0. The molecular weight excluding hydrogens is 841 g/mol. The zero-order valence-electron chi connectivity index (χ0n) is 45.6. The fraction of sp³-hybridized carbons (Fsp3) is 0.855. The van der Waals surface area contributed by atoms with Crippen molar-refractivity contribution in [3.05, 3.63) is 36.5 Å². The maximum absolute atomic E-state index is 12.8. The topological polar surface area (TPSA) is 78.9 Å². The zero-order valence-corrected chi connectivity index (χ0v) is 45.6. The first-order valence-electron chi connectivity index (χ1n) is 30.0. The van der Waals surface area contributed by atoms with E-state index in [0.29, 0.717) is 19.3 Å². The highest BCUT2D eigenvalue weighted by Crippen LogP contribution is 2.18. The molecule has 68 heavy (non-hydrogen) atoms. The van der Waals surface area contributed by atoms with Crippen LogP contribution in [0.1, 0.15) is 323 Å². The van der Waals surface area contributed by atoms with E-state index in [0.717, 1.165) is 83.5 Å². The third-order valence-electron chi connectivity index (χ3n) is 13.4. The fourth-order valence-corrected chi connectivity index (χ4v) is 8.93. The molecule has 0 aromatic carbocycles. The normalized spacial score (nSPS) is 12.2. The van der Waals surface area contributed by atoms with Crippen molar-refractivity contribution in [1.29, 1.82) is 0 Å². The van der Waals surface area contributed by atoms with Gasteiger partial charge in [0.2, 0.25) is 0 Å². The summed E-state index contributed by atoms with van der Waals surface area (Å²) in [5.41, 5.74) is 0. The number of carbonyl (C=O) groups excluding carboxylic acids is 3. The Labute approximate surface area is 423 Å². The van der Waals surface area contributed by atoms with Gasteiger partial charge in [0.15, 0.2) is 6.10 Å². The zero-order chi connectivity index (χ0) is 49.3. The molecule has 0 aliphatic carbocycles. The minimum atomic E-state index is -0.782. The minimum absolute atomic E-state index is 0.0796. The van der Waals surface area contributed by atoms with Gasteiger partial charge in [-0.2, -0.15) is 0 Å². The van der Waals surface area contributed by atoms with Crippen LogP contribution in [-0.2, 0) is 28.6 Å². The van der Waals surface area contributed by atoms with Crippen molar-refractivity contribution in [2.45, 2.75) is 329 Å². The lowest BCUT2D eigenvalue weighted by Crippen LogP contribution is -2.30. The molecule has 0 fully saturated rings. The van der Waals surface area contributed by atoms with Crippen LogP contribution in [0, 0.1) is 0 Å². The maximum atomic E-state index is 12.8. The lowest BCUT2D eigenvalue weighted by atomic mass is 10.0. The predicted molar refractivity (Wildman–Crippen MR) is 293 cm³/mol. The highest BCUT2D eigenvalue weighted by molar-refractivity contribution is 5.71. The third-order valence-corrected chi connectivity index (χ3v) is 13.4. The van der Waals surface area contributed by atoms with Crippen LogP contribution in [0.4, 0.5) is 0 Å². The summed E-state index contributed by atoms with van der Waals surface area (Å²) in [5.74, 6) is -0.895. The molecule has 398 valence electrons. The number of hydrogen-bond acceptors (Lipinski definition) is 6. The molecule has 0 rings (SSSR count). The van der Waals surface area contributed by atoms with E-state index in [1.165, 1.54) is 199 Å². The average Bonchev–Trinajstić information content (AvgIpc) is 3.34. The molecule has 6 nitrogen and oxygen atoms in total. The number of carbonyl (C=O) groups is 3. The highest BCUT2D eigenvalue weighted by Gasteiger charge is 2.19. The molecule has 1 unspecified atom stereocenters. The van der Waals surface area contributed by atoms with Crippen molar-refractivity contribution in [2.75, 3.05) is 13.2 Å². The Kier molecular flexibility index (Phi) is 55.2. The van der Waals surface area contributed by atoms with Crippen LogP contribution in [0.25, 0.3) is 0 Å². The number of allylic oxidation sites excluding steroid dienone is 6. The van der Waals surface area contributed by atoms with E-state index in [1.54, 1.807) is 0 Å². The van der Waals surface area contributed by atoms with Gasteiger partial charge in [0, 0.05) is 19.3 Å². The van der Waals surface area contributed by atoms with Gasteiger partial charge in [-0.25, -0.2) is 0 Å². The molecule has 0 heterocycles. The maximum Gasteiger partial charge on any atom is 0.306 e. The summed E-state index contributed by atoms with van der Waals surface area (Å²) < 4.78 is 16.8. The van der Waals surface area contributed by atoms with Crippen molar-refractivity contribution >= 4 is 17.9 Å². The second kappa shape index (κ2) is 57.2. The molecule has 0 saturated heterocycles. The first kappa shape index (κ1) is 65.6. The minimum Gasteiger partial charge on any atom is -0.462 e. The summed E-state index contributed by atoms with van der Waals surface area (Å²) in [6.45, 7) is 6.53. The summed E-state index contributed by atoms with van der Waals surface area (Å²) in [6.07, 6.45) is 68.9. The molecule has 0 aliphatic rings. The van der Waals surface area contributed by atoms with Crippen molar-refractivity contribution in [3.63, 3.8) is 0 Å². The van der Waals surface area contributed by atoms with E-state index in [4.69, 9.17) is 14.2 Å². The lowest BCUT2D eigenvalue weighted by molar-refractivity contribution is -0.167. The largest absolute Gasteiger partial charge is 0.462 e. The van der Waals surface area contributed by atoms with Gasteiger partial charge in [-0.1, -0.05) is 288 Å². The molecule has 0 radical (unpaired) electrons. The van der Waals surface area contributed by atoms with Gasteiger partial charge in [-0.3, -0.25) is 14.4 Å². The Bertz CT molecular complexity index is 1140. The van der Waals surface area contributed by atoms with Crippen LogP contribution >= 0.6 is 0 Å². The van der Waals surface area contributed by atoms with Crippen molar-refractivity contribution in [1.82, 2.24) is 0 Å². The first-order chi connectivity index (χ1) is 33.5. The second-order valence-corrected chi connectivity index (χ2v) is 20.2. The predicted octanol–water partition coefficient (Wildman–Crippen LogP) is 20.0. The van der Waals surface area contributed by atoms with E-state index in [-0.39, 0.29) is 31.1 Å². The molecule has 0 amide bonds. The smallest absolute Gasteiger partial charge is 0.306 e. The third kappa shape index (κ3) is 54.6. The first-order valence-corrected chi connectivity index (χ1v) is 30.0. The Morgan fingerprint density at radius 3 is 0.897 bits per heavy atom. The molecule has 0 aliphatic heterocycles. The Hall–Kier alpha value is -2.37. The molecule has 0 N–H and O–H groups in total. The fourth-order valence-electron chi connectivity index (χ4n) is 8.93. The number of ether oxygens (including phenoxy) is 3. The van der Waals surface area contributed by atoms with Crippen molar-refractivity contribution in [2.24, 2.45) is 0 Å². The number of esters is 3. The molecule has 0 aromatic heterocycles. The lowest BCUT2D eigenvalue weighted by Gasteiger charge is -2.18. The van der Waals surface area contributed by atoms with Gasteiger partial charge >= 0.3 is 17.9 Å². The Morgan fingerprint density at radius 1 is 0.309 bits per heavy atom. The summed E-state index contributed by atoms with van der Waals surface area (Å²) >= 11 is 0. The molecule has 0 bridgehead atoms. The number of rotatable bonds is 55. The van der Waals surface area contributed by atoms with E-state index in [1.807, 2.05) is 0 Å². The van der Waals surface area contributed by atoms with Crippen LogP contribution in [0.15, 0.2) is 36.5 Å². The van der Waals surface area contributed by atoms with Crippen LogP contribution in [0.5, 0.6) is 0 Å². The van der Waals surface area contributed by atoms with Gasteiger partial charge in [0.05, 0.1) is 0 Å². The SMILES string of the molecule is CC/C=C\C/C=C\C/C=C\CCCCCC(=O)OC(COC(=O)CCCCCCCCCCCC)COC(=O)CCCCCCCCCCCCCCCCCCCCCCCCCCCCC. The van der Waals surface area contributed by atoms with E-state index >= 15 is 0 Å². The molecule has 6 heteroatoms. The van der Waals surface area contributed by atoms with Crippen LogP contribution in [-0.4, -0.2) is 37.2 Å². The molecule has 0 aromatic rings. The van der Waals surface area contributed by atoms with E-state index in [9.17, 15) is 14.4 Å². The van der Waals surface area contributed by atoms with E-state index < -0.39 is 6.10 Å². The van der Waals surface area contributed by atoms with Gasteiger partial charge in [-0.05, 0) is 51.4 Å². The van der Waals surface area contributed by atoms with Gasteiger partial charge in [0.1, 0.15) is 13.2 Å². The van der Waals surface area contributed by atoms with Crippen LogP contribution in [0.3, 0.4) is 0 Å². The summed E-state index contributed by atoms with van der Waals surface area (Å²) in [5, 5.41) is 0. The summed E-state index contributed by atoms with van der Waals surface area (Å²) in [6, 6.07) is 0. The highest BCUT2D eigenvalue weighted by atomic mass is 16.6. The quantitative estimate of drug-likeness (QED) is 0.0262. The summed E-state index contributed by atoms with van der Waals surface area (Å²) in [4.78, 5) is 38.0. The van der Waals surface area contributed by atoms with Crippen LogP contribution < -0.4 is 0 Å². The number of hydrogen-bond donors (Lipinski definition) is 0. The van der Waals surface area contributed by atoms with Gasteiger partial charge < -0.3 is 14.2 Å².